The normalized spacial score (nSPS) is 23.0. The summed E-state index contributed by atoms with van der Waals surface area (Å²) in [6, 6.07) is 6.53. The Labute approximate surface area is 281 Å². The average molecular weight is 674 g/mol. The van der Waals surface area contributed by atoms with Crippen LogP contribution < -0.4 is 4.74 Å². The molecule has 1 aliphatic carbocycles. The second-order valence-electron chi connectivity index (χ2n) is 14.2. The minimum atomic E-state index is -4.80. The van der Waals surface area contributed by atoms with E-state index in [9.17, 15) is 22.8 Å². The molecule has 2 amide bonds. The number of likely N-dealkylation sites (tertiary alicyclic amines) is 2. The summed E-state index contributed by atoms with van der Waals surface area (Å²) in [5, 5.41) is 3.99. The van der Waals surface area contributed by atoms with Crippen LogP contribution in [0.25, 0.3) is 5.69 Å². The number of hydrogen-bond donors (Lipinski definition) is 0. The van der Waals surface area contributed by atoms with Crippen molar-refractivity contribution in [1.82, 2.24) is 24.5 Å². The van der Waals surface area contributed by atoms with Gasteiger partial charge in [-0.15, -0.1) is 0 Å². The van der Waals surface area contributed by atoms with E-state index in [4.69, 9.17) is 9.47 Å². The number of benzene rings is 1. The summed E-state index contributed by atoms with van der Waals surface area (Å²) >= 11 is 0. The summed E-state index contributed by atoms with van der Waals surface area (Å²) in [6.07, 6.45) is 8.48. The SMILES string of the molecule is CCCCC1CN(CC2CCCCC2)C(=O)OC12CCN(C1CCN(C(=O)c3cnn(-c4ccccc4OC)c3C(F)(F)F)CC1)CC2. The molecule has 3 aliphatic heterocycles. The number of aromatic nitrogens is 2. The van der Waals surface area contributed by atoms with E-state index in [1.165, 1.54) is 50.2 Å². The van der Waals surface area contributed by atoms with Crippen LogP contribution in [0.3, 0.4) is 0 Å². The molecule has 4 heterocycles. The molecular formula is C36H50F3N5O4. The van der Waals surface area contributed by atoms with Gasteiger partial charge in [0.15, 0.2) is 5.69 Å². The third kappa shape index (κ3) is 7.19. The van der Waals surface area contributed by atoms with Gasteiger partial charge >= 0.3 is 12.3 Å². The first-order chi connectivity index (χ1) is 23.1. The minimum Gasteiger partial charge on any atom is -0.494 e. The number of carbonyl (C=O) groups excluding carboxylic acids is 2. The Kier molecular flexibility index (Phi) is 10.6. The highest BCUT2D eigenvalue weighted by Gasteiger charge is 2.50. The molecule has 12 heteroatoms. The summed E-state index contributed by atoms with van der Waals surface area (Å²) in [6.45, 7) is 6.15. The highest BCUT2D eigenvalue weighted by atomic mass is 19.4. The van der Waals surface area contributed by atoms with Gasteiger partial charge in [-0.1, -0.05) is 51.2 Å². The lowest BCUT2D eigenvalue weighted by Crippen LogP contribution is -2.61. The number of carbonyl (C=O) groups is 2. The number of piperidine rings is 2. The molecule has 0 N–H and O–H groups in total. The Morgan fingerprint density at radius 1 is 1.04 bits per heavy atom. The van der Waals surface area contributed by atoms with Gasteiger partial charge in [0, 0.05) is 64.1 Å². The third-order valence-electron chi connectivity index (χ3n) is 11.3. The second-order valence-corrected chi connectivity index (χ2v) is 14.2. The molecule has 1 saturated carbocycles. The molecular weight excluding hydrogens is 623 g/mol. The number of rotatable bonds is 9. The van der Waals surface area contributed by atoms with Crippen LogP contribution in [-0.4, -0.2) is 94.5 Å². The molecule has 48 heavy (non-hydrogen) atoms. The maximum atomic E-state index is 14.4. The second kappa shape index (κ2) is 14.7. The summed E-state index contributed by atoms with van der Waals surface area (Å²) in [5.41, 5.74) is -1.87. The Hall–Kier alpha value is -3.28. The number of ether oxygens (including phenoxy) is 2. The fourth-order valence-corrected chi connectivity index (χ4v) is 8.61. The van der Waals surface area contributed by atoms with Gasteiger partial charge < -0.3 is 19.3 Å². The summed E-state index contributed by atoms with van der Waals surface area (Å²) in [4.78, 5) is 32.8. The number of unbranched alkanes of at least 4 members (excludes halogenated alkanes) is 1. The standard InChI is InChI=1S/C36H50F3N5O4/c1-3-4-12-27-25-43(24-26-10-6-5-7-11-26)34(46)48-35(27)17-21-41(22-18-35)28-15-19-42(20-16-28)33(45)29-23-40-44(32(29)36(37,38)39)30-13-8-9-14-31(30)47-2/h8-9,13-14,23,26-28H,3-7,10-12,15-22,24-25H2,1-2H3. The smallest absolute Gasteiger partial charge is 0.434 e. The van der Waals surface area contributed by atoms with E-state index in [0.29, 0.717) is 37.8 Å². The lowest BCUT2D eigenvalue weighted by molar-refractivity contribution is -0.143. The molecule has 3 saturated heterocycles. The molecule has 4 fully saturated rings. The number of nitrogens with zero attached hydrogens (tertiary/aromatic N) is 5. The number of methoxy groups -OCH3 is 1. The van der Waals surface area contributed by atoms with E-state index in [1.807, 2.05) is 4.90 Å². The van der Waals surface area contributed by atoms with Gasteiger partial charge in [-0.05, 0) is 50.2 Å². The van der Waals surface area contributed by atoms with Crippen molar-refractivity contribution in [3.8, 4) is 11.4 Å². The first-order valence-electron chi connectivity index (χ1n) is 17.9. The molecule has 264 valence electrons. The van der Waals surface area contributed by atoms with Crippen molar-refractivity contribution in [3.63, 3.8) is 0 Å². The Bertz CT molecular complexity index is 1410. The first-order valence-corrected chi connectivity index (χ1v) is 17.9. The van der Waals surface area contributed by atoms with E-state index < -0.39 is 28.9 Å². The average Bonchev–Trinajstić information content (AvgIpc) is 3.56. The van der Waals surface area contributed by atoms with Crippen LogP contribution in [0.2, 0.25) is 0 Å². The highest BCUT2D eigenvalue weighted by Crippen LogP contribution is 2.42. The highest BCUT2D eigenvalue weighted by molar-refractivity contribution is 5.95. The number of amides is 2. The van der Waals surface area contributed by atoms with Gasteiger partial charge in [0.2, 0.25) is 0 Å². The molecule has 1 spiro atoms. The van der Waals surface area contributed by atoms with Crippen LogP contribution >= 0.6 is 0 Å². The number of alkyl halides is 3. The van der Waals surface area contributed by atoms with E-state index in [2.05, 4.69) is 16.9 Å². The van der Waals surface area contributed by atoms with E-state index in [-0.39, 0.29) is 23.6 Å². The van der Waals surface area contributed by atoms with Gasteiger partial charge in [-0.25, -0.2) is 9.48 Å². The predicted octanol–water partition coefficient (Wildman–Crippen LogP) is 7.18. The zero-order valence-electron chi connectivity index (χ0n) is 28.3. The van der Waals surface area contributed by atoms with Crippen LogP contribution in [-0.2, 0) is 10.9 Å². The van der Waals surface area contributed by atoms with Crippen molar-refractivity contribution in [2.75, 3.05) is 46.4 Å². The van der Waals surface area contributed by atoms with Crippen molar-refractivity contribution < 1.29 is 32.2 Å². The molecule has 1 atom stereocenters. The molecule has 9 nitrogen and oxygen atoms in total. The maximum Gasteiger partial charge on any atom is 0.434 e. The number of para-hydroxylation sites is 2. The summed E-state index contributed by atoms with van der Waals surface area (Å²) < 4.78 is 55.6. The van der Waals surface area contributed by atoms with Gasteiger partial charge in [-0.3, -0.25) is 9.69 Å². The Morgan fingerprint density at radius 2 is 1.75 bits per heavy atom. The predicted molar refractivity (Wildman–Crippen MR) is 175 cm³/mol. The van der Waals surface area contributed by atoms with Crippen molar-refractivity contribution in [3.05, 3.63) is 41.7 Å². The van der Waals surface area contributed by atoms with Gasteiger partial charge in [0.1, 0.15) is 17.0 Å². The topological polar surface area (TPSA) is 80.1 Å². The number of hydrogen-bond acceptors (Lipinski definition) is 6. The van der Waals surface area contributed by atoms with Crippen LogP contribution in [0, 0.1) is 11.8 Å². The molecule has 2 aromatic rings. The first kappa shape index (κ1) is 34.6. The van der Waals surface area contributed by atoms with Crippen molar-refractivity contribution in [2.45, 2.75) is 102 Å². The Balaban J connectivity index is 1.07. The summed E-state index contributed by atoms with van der Waals surface area (Å²) in [5.74, 6) is 0.464. The van der Waals surface area contributed by atoms with Crippen LogP contribution in [0.1, 0.15) is 100 Å². The molecule has 1 aromatic heterocycles. The molecule has 0 radical (unpaired) electrons. The molecule has 0 bridgehead atoms. The minimum absolute atomic E-state index is 0.116. The third-order valence-corrected chi connectivity index (χ3v) is 11.3. The van der Waals surface area contributed by atoms with Gasteiger partial charge in [0.25, 0.3) is 5.91 Å². The fraction of sp³-hybridized carbons (Fsp3) is 0.694. The zero-order valence-corrected chi connectivity index (χ0v) is 28.3. The van der Waals surface area contributed by atoms with Gasteiger partial charge in [-0.2, -0.15) is 18.3 Å². The fourth-order valence-electron chi connectivity index (χ4n) is 8.61. The van der Waals surface area contributed by atoms with Crippen molar-refractivity contribution in [1.29, 1.82) is 0 Å². The summed E-state index contributed by atoms with van der Waals surface area (Å²) in [7, 11) is 1.38. The van der Waals surface area contributed by atoms with Crippen molar-refractivity contribution >= 4 is 12.0 Å². The van der Waals surface area contributed by atoms with Crippen molar-refractivity contribution in [2.24, 2.45) is 11.8 Å². The van der Waals surface area contributed by atoms with E-state index in [1.54, 1.807) is 18.2 Å². The molecule has 1 aromatic carbocycles. The van der Waals surface area contributed by atoms with Crippen LogP contribution in [0.5, 0.6) is 5.75 Å². The van der Waals surface area contributed by atoms with Gasteiger partial charge in [0.05, 0.1) is 18.9 Å². The zero-order chi connectivity index (χ0) is 33.9. The van der Waals surface area contributed by atoms with Crippen LogP contribution in [0.15, 0.2) is 30.5 Å². The van der Waals surface area contributed by atoms with E-state index in [0.717, 1.165) is 69.2 Å². The lowest BCUT2D eigenvalue weighted by Gasteiger charge is -2.52. The van der Waals surface area contributed by atoms with Crippen LogP contribution in [0.4, 0.5) is 18.0 Å². The maximum absolute atomic E-state index is 14.4. The Morgan fingerprint density at radius 3 is 2.42 bits per heavy atom. The monoisotopic (exact) mass is 673 g/mol. The lowest BCUT2D eigenvalue weighted by atomic mass is 9.75. The largest absolute Gasteiger partial charge is 0.494 e. The number of halogens is 3. The quantitative estimate of drug-likeness (QED) is 0.281. The molecule has 6 rings (SSSR count). The molecule has 4 aliphatic rings. The van der Waals surface area contributed by atoms with E-state index >= 15 is 0 Å². The molecule has 1 unspecified atom stereocenters.